The molecule has 0 aliphatic carbocycles. The number of nitrogens with two attached hydrogens (primary N) is 1. The van der Waals surface area contributed by atoms with Crippen LogP contribution in [-0.2, 0) is 10.3 Å². The highest BCUT2D eigenvalue weighted by Crippen LogP contribution is 2.22. The molecule has 2 aromatic rings. The first-order chi connectivity index (χ1) is 9.53. The number of ether oxygens (including phenoxy) is 1. The summed E-state index contributed by atoms with van der Waals surface area (Å²) >= 11 is 2.24. The van der Waals surface area contributed by atoms with Crippen molar-refractivity contribution < 1.29 is 9.26 Å². The van der Waals surface area contributed by atoms with E-state index in [1.807, 2.05) is 31.2 Å². The summed E-state index contributed by atoms with van der Waals surface area (Å²) in [6.07, 6.45) is 0.954. The Morgan fingerprint density at radius 3 is 2.95 bits per heavy atom. The van der Waals surface area contributed by atoms with E-state index in [2.05, 4.69) is 39.7 Å². The lowest BCUT2D eigenvalue weighted by molar-refractivity contribution is 0.0867. The minimum absolute atomic E-state index is 0.367. The quantitative estimate of drug-likeness (QED) is 0.610. The van der Waals surface area contributed by atoms with Gasteiger partial charge in [0.25, 0.3) is 5.89 Å². The van der Waals surface area contributed by atoms with Gasteiger partial charge in [0.15, 0.2) is 5.82 Å². The molecule has 0 saturated carbocycles. The summed E-state index contributed by atoms with van der Waals surface area (Å²) in [5.41, 5.74) is 6.33. The van der Waals surface area contributed by atoms with Gasteiger partial charge in [0.1, 0.15) is 5.54 Å². The lowest BCUT2D eigenvalue weighted by atomic mass is 10.1. The van der Waals surface area contributed by atoms with Gasteiger partial charge in [-0.25, -0.2) is 0 Å². The average Bonchev–Trinajstić information content (AvgIpc) is 2.89. The third-order valence-electron chi connectivity index (χ3n) is 2.76. The van der Waals surface area contributed by atoms with E-state index >= 15 is 0 Å². The second kappa shape index (κ2) is 6.64. The van der Waals surface area contributed by atoms with Gasteiger partial charge in [-0.05, 0) is 54.1 Å². The summed E-state index contributed by atoms with van der Waals surface area (Å²) in [4.78, 5) is 4.39. The number of hydrogen-bond acceptors (Lipinski definition) is 5. The van der Waals surface area contributed by atoms with Crippen LogP contribution in [0.25, 0.3) is 11.5 Å². The van der Waals surface area contributed by atoms with Crippen molar-refractivity contribution in [2.24, 2.45) is 5.73 Å². The molecule has 2 rings (SSSR count). The predicted molar refractivity (Wildman–Crippen MR) is 85.1 cm³/mol. The first kappa shape index (κ1) is 15.4. The molecular formula is C14H18IN3O2. The lowest BCUT2D eigenvalue weighted by Gasteiger charge is -2.19. The van der Waals surface area contributed by atoms with Crippen molar-refractivity contribution >= 4 is 22.6 Å². The van der Waals surface area contributed by atoms with Gasteiger partial charge in [-0.3, -0.25) is 0 Å². The van der Waals surface area contributed by atoms with E-state index in [9.17, 15) is 0 Å². The van der Waals surface area contributed by atoms with Crippen molar-refractivity contribution in [1.82, 2.24) is 10.1 Å². The zero-order chi connectivity index (χ0) is 14.6. The van der Waals surface area contributed by atoms with Gasteiger partial charge in [-0.15, -0.1) is 0 Å². The molecule has 1 heterocycles. The molecule has 108 valence electrons. The van der Waals surface area contributed by atoms with E-state index in [0.29, 0.717) is 24.9 Å². The van der Waals surface area contributed by atoms with E-state index in [1.165, 1.54) is 0 Å². The summed E-state index contributed by atoms with van der Waals surface area (Å²) < 4.78 is 11.9. The smallest absolute Gasteiger partial charge is 0.258 e. The molecule has 2 N–H and O–H groups in total. The molecule has 1 aromatic carbocycles. The van der Waals surface area contributed by atoms with Crippen LogP contribution in [0.2, 0.25) is 0 Å². The Morgan fingerprint density at radius 1 is 1.45 bits per heavy atom. The Balaban J connectivity index is 2.16. The van der Waals surface area contributed by atoms with Crippen LogP contribution in [0.3, 0.4) is 0 Å². The first-order valence-corrected chi connectivity index (χ1v) is 7.57. The minimum Gasteiger partial charge on any atom is -0.379 e. The Morgan fingerprint density at radius 2 is 2.25 bits per heavy atom. The van der Waals surface area contributed by atoms with Gasteiger partial charge in [-0.2, -0.15) is 4.98 Å². The maximum atomic E-state index is 6.19. The van der Waals surface area contributed by atoms with Crippen LogP contribution in [0.5, 0.6) is 0 Å². The average molecular weight is 387 g/mol. The molecule has 6 heteroatoms. The van der Waals surface area contributed by atoms with Crippen LogP contribution < -0.4 is 5.73 Å². The van der Waals surface area contributed by atoms with E-state index in [4.69, 9.17) is 15.0 Å². The van der Waals surface area contributed by atoms with Crippen LogP contribution in [0, 0.1) is 3.57 Å². The second-order valence-electron chi connectivity index (χ2n) is 4.90. The fourth-order valence-corrected chi connectivity index (χ4v) is 2.23. The zero-order valence-electron chi connectivity index (χ0n) is 11.6. The van der Waals surface area contributed by atoms with Crippen LogP contribution >= 0.6 is 22.6 Å². The number of rotatable bonds is 6. The van der Waals surface area contributed by atoms with Gasteiger partial charge in [-0.1, -0.05) is 18.1 Å². The standard InChI is InChI=1S/C14H18IN3O2/c1-3-7-19-9-14(2,16)13-17-12(20-18-13)10-5-4-6-11(15)8-10/h4-6,8H,3,7,9,16H2,1-2H3. The SMILES string of the molecule is CCCOCC(C)(N)c1noc(-c2cccc(I)c2)n1. The highest BCUT2D eigenvalue weighted by Gasteiger charge is 2.28. The molecule has 0 bridgehead atoms. The summed E-state index contributed by atoms with van der Waals surface area (Å²) in [5, 5.41) is 3.98. The summed E-state index contributed by atoms with van der Waals surface area (Å²) in [6, 6.07) is 7.88. The topological polar surface area (TPSA) is 74.2 Å². The van der Waals surface area contributed by atoms with Gasteiger partial charge in [0, 0.05) is 15.7 Å². The normalized spacial score (nSPS) is 14.2. The molecule has 0 spiro atoms. The van der Waals surface area contributed by atoms with Crippen LogP contribution in [0.1, 0.15) is 26.1 Å². The highest BCUT2D eigenvalue weighted by atomic mass is 127. The molecule has 0 saturated heterocycles. The fourth-order valence-electron chi connectivity index (χ4n) is 1.69. The molecule has 0 amide bonds. The molecule has 20 heavy (non-hydrogen) atoms. The van der Waals surface area contributed by atoms with Gasteiger partial charge >= 0.3 is 0 Å². The Kier molecular flexibility index (Phi) is 5.11. The largest absolute Gasteiger partial charge is 0.379 e. The molecule has 5 nitrogen and oxygen atoms in total. The lowest BCUT2D eigenvalue weighted by Crippen LogP contribution is -2.39. The summed E-state index contributed by atoms with van der Waals surface area (Å²) in [5.74, 6) is 0.938. The van der Waals surface area contributed by atoms with Crippen molar-refractivity contribution in [2.45, 2.75) is 25.8 Å². The number of nitrogens with zero attached hydrogens (tertiary/aromatic N) is 2. The van der Waals surface area contributed by atoms with Gasteiger partial charge < -0.3 is 15.0 Å². The van der Waals surface area contributed by atoms with Crippen molar-refractivity contribution in [1.29, 1.82) is 0 Å². The van der Waals surface area contributed by atoms with E-state index in [0.717, 1.165) is 15.6 Å². The van der Waals surface area contributed by atoms with E-state index < -0.39 is 5.54 Å². The molecule has 1 aromatic heterocycles. The zero-order valence-corrected chi connectivity index (χ0v) is 13.8. The third-order valence-corrected chi connectivity index (χ3v) is 3.43. The van der Waals surface area contributed by atoms with Crippen molar-refractivity contribution in [3.05, 3.63) is 33.7 Å². The monoisotopic (exact) mass is 387 g/mol. The Labute approximate surface area is 132 Å². The highest BCUT2D eigenvalue weighted by molar-refractivity contribution is 14.1. The molecule has 1 unspecified atom stereocenters. The van der Waals surface area contributed by atoms with Crippen LogP contribution in [-0.4, -0.2) is 23.4 Å². The third kappa shape index (κ3) is 3.77. The number of benzene rings is 1. The molecule has 0 aliphatic heterocycles. The molecule has 0 radical (unpaired) electrons. The number of hydrogen-bond donors (Lipinski definition) is 1. The summed E-state index contributed by atoms with van der Waals surface area (Å²) in [7, 11) is 0. The molecule has 0 fully saturated rings. The fraction of sp³-hybridized carbons (Fsp3) is 0.429. The van der Waals surface area contributed by atoms with Crippen LogP contribution in [0.4, 0.5) is 0 Å². The Bertz CT molecular complexity index is 569. The van der Waals surface area contributed by atoms with Crippen LogP contribution in [0.15, 0.2) is 28.8 Å². The van der Waals surface area contributed by atoms with Crippen molar-refractivity contribution in [3.63, 3.8) is 0 Å². The molecular weight excluding hydrogens is 369 g/mol. The van der Waals surface area contributed by atoms with Crippen molar-refractivity contribution in [3.8, 4) is 11.5 Å². The van der Waals surface area contributed by atoms with Gasteiger partial charge in [0.05, 0.1) is 6.61 Å². The summed E-state index contributed by atoms with van der Waals surface area (Å²) in [6.45, 7) is 4.93. The maximum absolute atomic E-state index is 6.19. The Hall–Kier alpha value is -0.990. The predicted octanol–water partition coefficient (Wildman–Crippen LogP) is 2.94. The number of halogens is 1. The van der Waals surface area contributed by atoms with E-state index in [-0.39, 0.29) is 0 Å². The number of aromatic nitrogens is 2. The maximum Gasteiger partial charge on any atom is 0.258 e. The second-order valence-corrected chi connectivity index (χ2v) is 6.15. The van der Waals surface area contributed by atoms with Crippen molar-refractivity contribution in [2.75, 3.05) is 13.2 Å². The minimum atomic E-state index is -0.751. The van der Waals surface area contributed by atoms with E-state index in [1.54, 1.807) is 0 Å². The molecule has 1 atom stereocenters. The first-order valence-electron chi connectivity index (χ1n) is 6.49. The van der Waals surface area contributed by atoms with Gasteiger partial charge in [0.2, 0.25) is 0 Å². The molecule has 0 aliphatic rings.